The molecule has 4 aromatic rings. The number of anilines is 1. The lowest BCUT2D eigenvalue weighted by Gasteiger charge is -2.42. The number of furan rings is 1. The molecule has 2 aliphatic rings. The highest BCUT2D eigenvalue weighted by Crippen LogP contribution is 2.41. The van der Waals surface area contributed by atoms with E-state index in [1.807, 2.05) is 30.5 Å². The highest BCUT2D eigenvalue weighted by Gasteiger charge is 2.31. The van der Waals surface area contributed by atoms with E-state index in [0.717, 1.165) is 48.7 Å². The van der Waals surface area contributed by atoms with Crippen molar-refractivity contribution in [2.24, 2.45) is 0 Å². The highest BCUT2D eigenvalue weighted by molar-refractivity contribution is 5.91. The van der Waals surface area contributed by atoms with Crippen molar-refractivity contribution < 1.29 is 13.5 Å². The number of fused-ring (bicyclic) bond motifs is 2. The summed E-state index contributed by atoms with van der Waals surface area (Å²) in [6.45, 7) is 3.96. The Morgan fingerprint density at radius 1 is 0.941 bits per heavy atom. The average molecular weight is 460 g/mol. The number of para-hydroxylation sites is 1. The van der Waals surface area contributed by atoms with E-state index in [4.69, 9.17) is 9.15 Å². The molecule has 176 valence electrons. The van der Waals surface area contributed by atoms with Crippen LogP contribution in [-0.2, 0) is 0 Å². The van der Waals surface area contributed by atoms with Gasteiger partial charge in [-0.25, -0.2) is 4.39 Å². The Hall–Kier alpha value is -3.12. The van der Waals surface area contributed by atoms with Gasteiger partial charge in [-0.2, -0.15) is 0 Å². The summed E-state index contributed by atoms with van der Waals surface area (Å²) in [6.07, 6.45) is 8.48. The summed E-state index contributed by atoms with van der Waals surface area (Å²) >= 11 is 0. The van der Waals surface area contributed by atoms with Crippen LogP contribution in [0.2, 0.25) is 0 Å². The molecular formula is C28H30FN3O2. The SMILES string of the molecule is COc1cccc2c1occ2[C@H]1CC[C@H](N2CCN(c3ccc(F)c4cccnc34)CC2)CC1. The number of aromatic nitrogens is 1. The molecular weight excluding hydrogens is 429 g/mol. The molecule has 1 aliphatic heterocycles. The molecule has 0 spiro atoms. The molecule has 1 saturated heterocycles. The molecule has 3 heterocycles. The first-order valence-corrected chi connectivity index (χ1v) is 12.3. The smallest absolute Gasteiger partial charge is 0.175 e. The minimum Gasteiger partial charge on any atom is -0.493 e. The van der Waals surface area contributed by atoms with E-state index in [-0.39, 0.29) is 5.82 Å². The second-order valence-corrected chi connectivity index (χ2v) is 9.52. The van der Waals surface area contributed by atoms with Crippen LogP contribution in [0.15, 0.2) is 59.3 Å². The lowest BCUT2D eigenvalue weighted by molar-refractivity contribution is 0.141. The third-order valence-corrected chi connectivity index (χ3v) is 7.82. The van der Waals surface area contributed by atoms with Crippen LogP contribution < -0.4 is 9.64 Å². The number of hydrogen-bond acceptors (Lipinski definition) is 5. The molecule has 6 rings (SSSR count). The van der Waals surface area contributed by atoms with Gasteiger partial charge in [-0.3, -0.25) is 9.88 Å². The predicted molar refractivity (Wildman–Crippen MR) is 133 cm³/mol. The third-order valence-electron chi connectivity index (χ3n) is 7.82. The number of methoxy groups -OCH3 is 1. The number of nitrogens with zero attached hydrogens (tertiary/aromatic N) is 3. The summed E-state index contributed by atoms with van der Waals surface area (Å²) in [5.41, 5.74) is 4.00. The Balaban J connectivity index is 1.10. The Morgan fingerprint density at radius 3 is 2.53 bits per heavy atom. The van der Waals surface area contributed by atoms with E-state index in [1.165, 1.54) is 36.6 Å². The van der Waals surface area contributed by atoms with E-state index in [1.54, 1.807) is 25.4 Å². The van der Waals surface area contributed by atoms with Crippen LogP contribution >= 0.6 is 0 Å². The van der Waals surface area contributed by atoms with Crippen LogP contribution in [0.4, 0.5) is 10.1 Å². The summed E-state index contributed by atoms with van der Waals surface area (Å²) in [5, 5.41) is 1.79. The quantitative estimate of drug-likeness (QED) is 0.376. The summed E-state index contributed by atoms with van der Waals surface area (Å²) in [5.74, 6) is 1.15. The fraction of sp³-hybridized carbons (Fsp3) is 0.393. The van der Waals surface area contributed by atoms with Crippen molar-refractivity contribution in [3.05, 3.63) is 66.3 Å². The van der Waals surface area contributed by atoms with Gasteiger partial charge in [0.25, 0.3) is 0 Å². The molecule has 0 N–H and O–H groups in total. The summed E-state index contributed by atoms with van der Waals surface area (Å²) in [7, 11) is 1.69. The molecule has 5 nitrogen and oxygen atoms in total. The van der Waals surface area contributed by atoms with Gasteiger partial charge in [-0.15, -0.1) is 0 Å². The van der Waals surface area contributed by atoms with E-state index in [0.29, 0.717) is 17.3 Å². The number of hydrogen-bond donors (Lipinski definition) is 0. The zero-order valence-corrected chi connectivity index (χ0v) is 19.5. The second-order valence-electron chi connectivity index (χ2n) is 9.52. The Kier molecular flexibility index (Phi) is 5.61. The van der Waals surface area contributed by atoms with E-state index >= 15 is 0 Å². The number of piperazine rings is 1. The van der Waals surface area contributed by atoms with Gasteiger partial charge < -0.3 is 14.1 Å². The molecule has 2 fully saturated rings. The Morgan fingerprint density at radius 2 is 1.74 bits per heavy atom. The van der Waals surface area contributed by atoms with Crippen LogP contribution in [-0.4, -0.2) is 49.2 Å². The summed E-state index contributed by atoms with van der Waals surface area (Å²) < 4.78 is 25.6. The zero-order chi connectivity index (χ0) is 23.1. The van der Waals surface area contributed by atoms with Crippen molar-refractivity contribution >= 4 is 27.6 Å². The normalized spacial score (nSPS) is 21.9. The number of ether oxygens (including phenoxy) is 1. The van der Waals surface area contributed by atoms with E-state index in [9.17, 15) is 4.39 Å². The van der Waals surface area contributed by atoms with E-state index < -0.39 is 0 Å². The molecule has 0 amide bonds. The Bertz CT molecular complexity index is 1300. The lowest BCUT2D eigenvalue weighted by Crippen LogP contribution is -2.51. The monoisotopic (exact) mass is 459 g/mol. The average Bonchev–Trinajstić information content (AvgIpc) is 3.34. The van der Waals surface area contributed by atoms with Crippen molar-refractivity contribution in [3.8, 4) is 5.75 Å². The van der Waals surface area contributed by atoms with Gasteiger partial charge in [0, 0.05) is 54.8 Å². The van der Waals surface area contributed by atoms with Crippen molar-refractivity contribution in [1.29, 1.82) is 0 Å². The number of benzene rings is 2. The van der Waals surface area contributed by atoms with Gasteiger partial charge in [-0.1, -0.05) is 12.1 Å². The number of halogens is 1. The maximum atomic E-state index is 14.2. The van der Waals surface area contributed by atoms with Crippen molar-refractivity contribution in [3.63, 3.8) is 0 Å². The van der Waals surface area contributed by atoms with Crippen LogP contribution in [0.25, 0.3) is 21.9 Å². The summed E-state index contributed by atoms with van der Waals surface area (Å²) in [6, 6.07) is 13.9. The Labute approximate surface area is 199 Å². The van der Waals surface area contributed by atoms with Crippen LogP contribution in [0.1, 0.15) is 37.2 Å². The molecule has 0 bridgehead atoms. The topological polar surface area (TPSA) is 41.7 Å². The third kappa shape index (κ3) is 3.70. The van der Waals surface area contributed by atoms with Crippen molar-refractivity contribution in [2.45, 2.75) is 37.6 Å². The molecule has 2 aromatic heterocycles. The van der Waals surface area contributed by atoms with Gasteiger partial charge in [-0.05, 0) is 61.9 Å². The van der Waals surface area contributed by atoms with Gasteiger partial charge >= 0.3 is 0 Å². The largest absolute Gasteiger partial charge is 0.493 e. The summed E-state index contributed by atoms with van der Waals surface area (Å²) in [4.78, 5) is 9.50. The highest BCUT2D eigenvalue weighted by atomic mass is 19.1. The molecule has 6 heteroatoms. The van der Waals surface area contributed by atoms with Crippen LogP contribution in [0.3, 0.4) is 0 Å². The minimum atomic E-state index is -0.203. The van der Waals surface area contributed by atoms with Gasteiger partial charge in [0.05, 0.1) is 24.6 Å². The fourth-order valence-electron chi connectivity index (χ4n) is 5.99. The van der Waals surface area contributed by atoms with Gasteiger partial charge in [0.15, 0.2) is 11.3 Å². The standard InChI is InChI=1S/C28H30FN3O2/c1-33-26-6-2-4-21-23(18-34-28(21)26)19-7-9-20(10-8-19)31-14-16-32(17-15-31)25-12-11-24(29)22-5-3-13-30-27(22)25/h2-6,11-13,18-20H,7-10,14-17H2,1H3/t19-,20-. The first kappa shape index (κ1) is 21.4. The minimum absolute atomic E-state index is 0.203. The van der Waals surface area contributed by atoms with Crippen molar-refractivity contribution in [2.75, 3.05) is 38.2 Å². The lowest BCUT2D eigenvalue weighted by atomic mass is 9.81. The molecule has 1 saturated carbocycles. The molecule has 0 radical (unpaired) electrons. The molecule has 0 unspecified atom stereocenters. The van der Waals surface area contributed by atoms with Crippen molar-refractivity contribution in [1.82, 2.24) is 9.88 Å². The molecule has 0 atom stereocenters. The predicted octanol–water partition coefficient (Wildman–Crippen LogP) is 5.98. The zero-order valence-electron chi connectivity index (χ0n) is 19.5. The first-order chi connectivity index (χ1) is 16.7. The molecule has 2 aromatic carbocycles. The van der Waals surface area contributed by atoms with Crippen LogP contribution in [0, 0.1) is 5.82 Å². The fourth-order valence-corrected chi connectivity index (χ4v) is 5.99. The molecule has 34 heavy (non-hydrogen) atoms. The van der Waals surface area contributed by atoms with E-state index in [2.05, 4.69) is 20.9 Å². The van der Waals surface area contributed by atoms with Crippen LogP contribution in [0.5, 0.6) is 5.75 Å². The second kappa shape index (κ2) is 8.91. The maximum absolute atomic E-state index is 14.2. The first-order valence-electron chi connectivity index (χ1n) is 12.3. The number of pyridine rings is 1. The molecule has 1 aliphatic carbocycles. The maximum Gasteiger partial charge on any atom is 0.175 e. The van der Waals surface area contributed by atoms with Gasteiger partial charge in [0.2, 0.25) is 0 Å². The number of rotatable bonds is 4. The van der Waals surface area contributed by atoms with Gasteiger partial charge in [0.1, 0.15) is 5.82 Å².